The van der Waals surface area contributed by atoms with Gasteiger partial charge in [-0.15, -0.1) is 0 Å². The standard InChI is InChI=1S/C12H10FN3O/c1-6-3-4-8(13)9-10(6)14-5-7-11(9)15-16(2)12(7)17/h3-5,15H,1-2H3. The summed E-state index contributed by atoms with van der Waals surface area (Å²) in [6.07, 6.45) is 1.49. The SMILES string of the molecule is Cc1ccc(F)c2c1ncc1c(=O)n(C)[nH]c12. The van der Waals surface area contributed by atoms with Gasteiger partial charge in [0.2, 0.25) is 0 Å². The molecule has 0 spiro atoms. The third-order valence-corrected chi connectivity index (χ3v) is 2.99. The minimum absolute atomic E-state index is 0.199. The molecule has 17 heavy (non-hydrogen) atoms. The highest BCUT2D eigenvalue weighted by Crippen LogP contribution is 2.25. The van der Waals surface area contributed by atoms with Crippen LogP contribution in [0.2, 0.25) is 0 Å². The predicted octanol–water partition coefficient (Wildman–Crippen LogP) is 1.86. The van der Waals surface area contributed by atoms with Crippen molar-refractivity contribution in [2.75, 3.05) is 0 Å². The summed E-state index contributed by atoms with van der Waals surface area (Å²) in [5.41, 5.74) is 1.77. The fourth-order valence-electron chi connectivity index (χ4n) is 2.08. The van der Waals surface area contributed by atoms with Crippen molar-refractivity contribution < 1.29 is 4.39 Å². The van der Waals surface area contributed by atoms with Gasteiger partial charge in [0.05, 0.1) is 21.8 Å². The van der Waals surface area contributed by atoms with Gasteiger partial charge in [-0.05, 0) is 18.6 Å². The van der Waals surface area contributed by atoms with E-state index >= 15 is 0 Å². The molecule has 0 radical (unpaired) electrons. The third kappa shape index (κ3) is 1.22. The average molecular weight is 231 g/mol. The number of halogens is 1. The summed E-state index contributed by atoms with van der Waals surface area (Å²) in [6.45, 7) is 1.86. The van der Waals surface area contributed by atoms with E-state index in [2.05, 4.69) is 10.1 Å². The van der Waals surface area contributed by atoms with Crippen molar-refractivity contribution in [3.8, 4) is 0 Å². The molecule has 0 amide bonds. The first-order valence-electron chi connectivity index (χ1n) is 5.22. The van der Waals surface area contributed by atoms with Crippen LogP contribution in [0.25, 0.3) is 21.8 Å². The highest BCUT2D eigenvalue weighted by molar-refractivity contribution is 6.03. The minimum atomic E-state index is -0.370. The molecule has 0 saturated carbocycles. The van der Waals surface area contributed by atoms with Crippen molar-refractivity contribution in [2.24, 2.45) is 7.05 Å². The quantitative estimate of drug-likeness (QED) is 0.642. The number of nitrogens with one attached hydrogen (secondary N) is 1. The maximum atomic E-state index is 13.9. The number of hydrogen-bond donors (Lipinski definition) is 1. The van der Waals surface area contributed by atoms with Gasteiger partial charge in [-0.2, -0.15) is 0 Å². The lowest BCUT2D eigenvalue weighted by molar-refractivity contribution is 0.639. The van der Waals surface area contributed by atoms with E-state index in [0.717, 1.165) is 5.56 Å². The van der Waals surface area contributed by atoms with Crippen molar-refractivity contribution in [3.05, 3.63) is 40.1 Å². The number of nitrogens with zero attached hydrogens (tertiary/aromatic N) is 2. The van der Waals surface area contributed by atoms with Crippen LogP contribution in [0, 0.1) is 12.7 Å². The maximum absolute atomic E-state index is 13.9. The van der Waals surface area contributed by atoms with Gasteiger partial charge in [0.15, 0.2) is 0 Å². The normalized spacial score (nSPS) is 11.5. The van der Waals surface area contributed by atoms with Crippen LogP contribution in [0.4, 0.5) is 4.39 Å². The summed E-state index contributed by atoms with van der Waals surface area (Å²) in [4.78, 5) is 15.9. The van der Waals surface area contributed by atoms with E-state index in [1.54, 1.807) is 13.1 Å². The fourth-order valence-corrected chi connectivity index (χ4v) is 2.08. The zero-order valence-corrected chi connectivity index (χ0v) is 9.41. The van der Waals surface area contributed by atoms with Crippen LogP contribution in [-0.2, 0) is 7.05 Å². The molecule has 3 aromatic rings. The van der Waals surface area contributed by atoms with Crippen molar-refractivity contribution >= 4 is 21.8 Å². The van der Waals surface area contributed by atoms with Crippen LogP contribution in [0.5, 0.6) is 0 Å². The monoisotopic (exact) mass is 231 g/mol. The second kappa shape index (κ2) is 3.16. The highest BCUT2D eigenvalue weighted by atomic mass is 19.1. The van der Waals surface area contributed by atoms with Crippen LogP contribution in [0.1, 0.15) is 5.56 Å². The molecular formula is C12H10FN3O. The van der Waals surface area contributed by atoms with Crippen LogP contribution in [-0.4, -0.2) is 14.8 Å². The Morgan fingerprint density at radius 2 is 2.18 bits per heavy atom. The van der Waals surface area contributed by atoms with Gasteiger partial charge in [-0.1, -0.05) is 6.07 Å². The van der Waals surface area contributed by atoms with E-state index < -0.39 is 0 Å². The molecule has 1 N–H and O–H groups in total. The zero-order chi connectivity index (χ0) is 12.2. The summed E-state index contributed by atoms with van der Waals surface area (Å²) in [5, 5.41) is 3.64. The van der Waals surface area contributed by atoms with Gasteiger partial charge in [0.1, 0.15) is 5.82 Å². The third-order valence-electron chi connectivity index (χ3n) is 2.99. The molecule has 0 fully saturated rings. The molecule has 2 aromatic heterocycles. The van der Waals surface area contributed by atoms with Gasteiger partial charge < -0.3 is 0 Å². The number of H-pyrrole nitrogens is 1. The van der Waals surface area contributed by atoms with Crippen LogP contribution in [0.15, 0.2) is 23.1 Å². The Hall–Kier alpha value is -2.17. The Labute approximate surface area is 95.7 Å². The number of aromatic amines is 1. The first-order chi connectivity index (χ1) is 8.09. The molecule has 0 aliphatic heterocycles. The molecule has 0 unspecified atom stereocenters. The molecule has 0 atom stereocenters. The number of aromatic nitrogens is 3. The van der Waals surface area contributed by atoms with E-state index in [1.165, 1.54) is 16.9 Å². The van der Waals surface area contributed by atoms with E-state index in [-0.39, 0.29) is 11.4 Å². The Bertz CT molecular complexity index is 801. The van der Waals surface area contributed by atoms with Crippen molar-refractivity contribution in [1.82, 2.24) is 14.8 Å². The smallest absolute Gasteiger partial charge is 0.275 e. The predicted molar refractivity (Wildman–Crippen MR) is 63.5 cm³/mol. The number of rotatable bonds is 0. The first kappa shape index (κ1) is 10.0. The number of benzene rings is 1. The summed E-state index contributed by atoms with van der Waals surface area (Å²) in [6, 6.07) is 3.07. The van der Waals surface area contributed by atoms with Gasteiger partial charge in [0.25, 0.3) is 5.56 Å². The van der Waals surface area contributed by atoms with E-state index in [4.69, 9.17) is 0 Å². The highest BCUT2D eigenvalue weighted by Gasteiger charge is 2.13. The number of pyridine rings is 1. The molecule has 3 rings (SSSR count). The van der Waals surface area contributed by atoms with E-state index in [9.17, 15) is 9.18 Å². The molecule has 1 aromatic carbocycles. The molecule has 5 heteroatoms. The summed E-state index contributed by atoms with van der Waals surface area (Å²) in [7, 11) is 1.60. The second-order valence-electron chi connectivity index (χ2n) is 4.11. The lowest BCUT2D eigenvalue weighted by Gasteiger charge is -2.02. The first-order valence-corrected chi connectivity index (χ1v) is 5.22. The fraction of sp³-hybridized carbons (Fsp3) is 0.167. The average Bonchev–Trinajstić information content (AvgIpc) is 2.60. The molecule has 86 valence electrons. The van der Waals surface area contributed by atoms with Crippen LogP contribution >= 0.6 is 0 Å². The molecule has 0 aliphatic carbocycles. The molecule has 4 nitrogen and oxygen atoms in total. The van der Waals surface area contributed by atoms with Gasteiger partial charge in [-0.25, -0.2) is 4.39 Å². The van der Waals surface area contributed by atoms with Gasteiger partial charge in [-0.3, -0.25) is 19.6 Å². The van der Waals surface area contributed by atoms with Crippen LogP contribution < -0.4 is 5.56 Å². The summed E-state index contributed by atoms with van der Waals surface area (Å²) >= 11 is 0. The molecule has 0 saturated heterocycles. The largest absolute Gasteiger partial charge is 0.294 e. The number of hydrogen-bond acceptors (Lipinski definition) is 2. The molecule has 0 aliphatic rings. The van der Waals surface area contributed by atoms with Crippen molar-refractivity contribution in [1.29, 1.82) is 0 Å². The Balaban J connectivity index is 2.69. The van der Waals surface area contributed by atoms with E-state index in [1.807, 2.05) is 6.92 Å². The summed E-state index contributed by atoms with van der Waals surface area (Å²) in [5.74, 6) is -0.370. The number of aryl methyl sites for hydroxylation is 2. The minimum Gasteiger partial charge on any atom is -0.294 e. The topological polar surface area (TPSA) is 50.7 Å². The Morgan fingerprint density at radius 3 is 2.94 bits per heavy atom. The second-order valence-corrected chi connectivity index (χ2v) is 4.11. The Morgan fingerprint density at radius 1 is 1.41 bits per heavy atom. The Kier molecular flexibility index (Phi) is 1.86. The zero-order valence-electron chi connectivity index (χ0n) is 9.41. The van der Waals surface area contributed by atoms with Crippen molar-refractivity contribution in [3.63, 3.8) is 0 Å². The molecule has 0 bridgehead atoms. The molecular weight excluding hydrogens is 221 g/mol. The summed E-state index contributed by atoms with van der Waals surface area (Å²) < 4.78 is 15.2. The lowest BCUT2D eigenvalue weighted by atomic mass is 10.1. The van der Waals surface area contributed by atoms with Crippen molar-refractivity contribution in [2.45, 2.75) is 6.92 Å². The van der Waals surface area contributed by atoms with E-state index in [0.29, 0.717) is 21.8 Å². The van der Waals surface area contributed by atoms with Gasteiger partial charge >= 0.3 is 0 Å². The van der Waals surface area contributed by atoms with Gasteiger partial charge in [0, 0.05) is 13.2 Å². The maximum Gasteiger partial charge on any atom is 0.275 e. The lowest BCUT2D eigenvalue weighted by Crippen LogP contribution is -2.11. The molecule has 2 heterocycles. The van der Waals surface area contributed by atoms with Crippen LogP contribution in [0.3, 0.4) is 0 Å². The number of fused-ring (bicyclic) bond motifs is 3.